The molecule has 0 aromatic heterocycles. The first-order valence-electron chi connectivity index (χ1n) is 6.05. The number of carboxylic acid groups (broad SMARTS) is 1. The van der Waals surface area contributed by atoms with Gasteiger partial charge in [0.05, 0.1) is 18.0 Å². The fourth-order valence-electron chi connectivity index (χ4n) is 1.79. The number of rotatable bonds is 4. The zero-order valence-corrected chi connectivity index (χ0v) is 11.5. The van der Waals surface area contributed by atoms with E-state index in [1.165, 1.54) is 10.8 Å². The molecule has 0 bridgehead atoms. The summed E-state index contributed by atoms with van der Waals surface area (Å²) in [7, 11) is 0. The van der Waals surface area contributed by atoms with Crippen molar-refractivity contribution in [2.45, 2.75) is 18.2 Å². The Morgan fingerprint density at radius 1 is 1.21 bits per heavy atom. The van der Waals surface area contributed by atoms with Crippen LogP contribution in [-0.2, 0) is 4.79 Å². The second-order valence-electron chi connectivity index (χ2n) is 4.12. The molecule has 0 aliphatic carbocycles. The van der Waals surface area contributed by atoms with E-state index in [0.29, 0.717) is 6.54 Å². The smallest absolute Gasteiger partial charge is 0.305 e. The summed E-state index contributed by atoms with van der Waals surface area (Å²) < 4.78 is 0. The Hall–Kier alpha value is -1.81. The van der Waals surface area contributed by atoms with Crippen LogP contribution in [0.15, 0.2) is 52.4 Å². The molecule has 0 radical (unpaired) electrons. The molecule has 0 saturated heterocycles. The Labute approximate surface area is 116 Å². The van der Waals surface area contributed by atoms with Gasteiger partial charge in [0.2, 0.25) is 0 Å². The first kappa shape index (κ1) is 13.6. The van der Waals surface area contributed by atoms with Crippen molar-refractivity contribution in [3.05, 3.63) is 42.5 Å². The average molecular weight is 273 g/mol. The van der Waals surface area contributed by atoms with E-state index < -0.39 is 5.97 Å². The molecule has 0 fully saturated rings. The van der Waals surface area contributed by atoms with E-state index in [-0.39, 0.29) is 6.42 Å². The van der Waals surface area contributed by atoms with Crippen molar-refractivity contribution in [1.82, 2.24) is 0 Å². The predicted octanol–water partition coefficient (Wildman–Crippen LogP) is 3.83. The van der Waals surface area contributed by atoms with Gasteiger partial charge in [-0.3, -0.25) is 9.79 Å². The first-order valence-corrected chi connectivity index (χ1v) is 6.87. The summed E-state index contributed by atoms with van der Waals surface area (Å²) in [6.45, 7) is 2.24. The standard InChI is InChI=1S/C15H15NO2S/c1-11(16-10-9-15(17)18)19-14-8-4-6-12-5-2-3-7-13(12)14/h2-8H,9-10H2,1H3,(H,17,18). The molecule has 0 spiro atoms. The number of benzene rings is 2. The summed E-state index contributed by atoms with van der Waals surface area (Å²) in [6.07, 6.45) is 0.0768. The van der Waals surface area contributed by atoms with E-state index in [0.717, 1.165) is 9.94 Å². The van der Waals surface area contributed by atoms with E-state index in [2.05, 4.69) is 29.3 Å². The Morgan fingerprint density at radius 3 is 2.74 bits per heavy atom. The Morgan fingerprint density at radius 2 is 1.95 bits per heavy atom. The number of aliphatic imine (C=N–C) groups is 1. The molecule has 0 heterocycles. The zero-order valence-electron chi connectivity index (χ0n) is 10.7. The molecule has 0 aliphatic rings. The SMILES string of the molecule is CC(=NCCC(=O)O)Sc1cccc2ccccc12. The molecule has 2 rings (SSSR count). The highest BCUT2D eigenvalue weighted by molar-refractivity contribution is 8.14. The number of hydrogen-bond acceptors (Lipinski definition) is 3. The molecular weight excluding hydrogens is 258 g/mol. The number of aliphatic carboxylic acids is 1. The van der Waals surface area contributed by atoms with Gasteiger partial charge >= 0.3 is 5.97 Å². The van der Waals surface area contributed by atoms with Gasteiger partial charge in [0, 0.05) is 4.90 Å². The van der Waals surface area contributed by atoms with Gasteiger partial charge in [-0.15, -0.1) is 0 Å². The molecule has 0 unspecified atom stereocenters. The lowest BCUT2D eigenvalue weighted by Crippen LogP contribution is -1.98. The van der Waals surface area contributed by atoms with Gasteiger partial charge in [0.25, 0.3) is 0 Å². The third kappa shape index (κ3) is 3.83. The number of carbonyl (C=O) groups is 1. The van der Waals surface area contributed by atoms with Gasteiger partial charge in [-0.05, 0) is 23.8 Å². The number of hydrogen-bond donors (Lipinski definition) is 1. The van der Waals surface area contributed by atoms with E-state index in [4.69, 9.17) is 5.11 Å². The van der Waals surface area contributed by atoms with Crippen LogP contribution in [0.4, 0.5) is 0 Å². The third-order valence-corrected chi connectivity index (χ3v) is 3.67. The molecule has 19 heavy (non-hydrogen) atoms. The van der Waals surface area contributed by atoms with Crippen molar-refractivity contribution in [2.24, 2.45) is 4.99 Å². The minimum Gasteiger partial charge on any atom is -0.481 e. The molecule has 0 atom stereocenters. The summed E-state index contributed by atoms with van der Waals surface area (Å²) in [4.78, 5) is 15.9. The van der Waals surface area contributed by atoms with Crippen LogP contribution in [0.3, 0.4) is 0 Å². The second-order valence-corrected chi connectivity index (χ2v) is 5.36. The zero-order chi connectivity index (χ0) is 13.7. The van der Waals surface area contributed by atoms with E-state index in [9.17, 15) is 4.79 Å². The molecule has 3 nitrogen and oxygen atoms in total. The maximum Gasteiger partial charge on any atom is 0.305 e. The van der Waals surface area contributed by atoms with Crippen molar-refractivity contribution >= 4 is 33.5 Å². The minimum absolute atomic E-state index is 0.0768. The summed E-state index contributed by atoms with van der Waals surface area (Å²) in [5.74, 6) is -0.813. The first-order chi connectivity index (χ1) is 9.16. The normalized spacial score (nSPS) is 11.7. The fourth-order valence-corrected chi connectivity index (χ4v) is 2.70. The molecular formula is C15H15NO2S. The Bertz CT molecular complexity index is 617. The summed E-state index contributed by atoms with van der Waals surface area (Å²) in [5, 5.41) is 11.9. The molecule has 2 aromatic rings. The minimum atomic E-state index is -0.813. The van der Waals surface area contributed by atoms with Crippen LogP contribution >= 0.6 is 11.8 Å². The van der Waals surface area contributed by atoms with E-state index >= 15 is 0 Å². The second kappa shape index (κ2) is 6.38. The molecule has 98 valence electrons. The van der Waals surface area contributed by atoms with Gasteiger partial charge in [-0.25, -0.2) is 0 Å². The molecule has 4 heteroatoms. The van der Waals surface area contributed by atoms with Crippen LogP contribution in [0.1, 0.15) is 13.3 Å². The highest BCUT2D eigenvalue weighted by Gasteiger charge is 2.03. The van der Waals surface area contributed by atoms with Crippen molar-refractivity contribution in [3.63, 3.8) is 0 Å². The van der Waals surface area contributed by atoms with Crippen LogP contribution in [0.25, 0.3) is 10.8 Å². The van der Waals surface area contributed by atoms with Crippen LogP contribution < -0.4 is 0 Å². The monoisotopic (exact) mass is 273 g/mol. The van der Waals surface area contributed by atoms with Gasteiger partial charge in [-0.2, -0.15) is 0 Å². The largest absolute Gasteiger partial charge is 0.481 e. The highest BCUT2D eigenvalue weighted by atomic mass is 32.2. The van der Waals surface area contributed by atoms with Crippen molar-refractivity contribution in [3.8, 4) is 0 Å². The molecule has 2 aromatic carbocycles. The quantitative estimate of drug-likeness (QED) is 0.523. The third-order valence-electron chi connectivity index (χ3n) is 2.67. The highest BCUT2D eigenvalue weighted by Crippen LogP contribution is 2.28. The van der Waals surface area contributed by atoms with Gasteiger partial charge in [0.15, 0.2) is 0 Å². The summed E-state index contributed by atoms with van der Waals surface area (Å²) in [6, 6.07) is 14.4. The number of carboxylic acids is 1. The van der Waals surface area contributed by atoms with Crippen molar-refractivity contribution in [1.29, 1.82) is 0 Å². The maximum atomic E-state index is 10.4. The maximum absolute atomic E-state index is 10.4. The van der Waals surface area contributed by atoms with Crippen molar-refractivity contribution in [2.75, 3.05) is 6.54 Å². The Kier molecular flexibility index (Phi) is 4.58. The van der Waals surface area contributed by atoms with Crippen LogP contribution in [-0.4, -0.2) is 22.7 Å². The van der Waals surface area contributed by atoms with Crippen molar-refractivity contribution < 1.29 is 9.90 Å². The molecule has 1 N–H and O–H groups in total. The van der Waals surface area contributed by atoms with E-state index in [1.807, 2.05) is 25.1 Å². The number of fused-ring (bicyclic) bond motifs is 1. The van der Waals surface area contributed by atoms with Gasteiger partial charge < -0.3 is 5.11 Å². The van der Waals surface area contributed by atoms with E-state index in [1.54, 1.807) is 11.8 Å². The van der Waals surface area contributed by atoms with Crippen LogP contribution in [0.2, 0.25) is 0 Å². The molecule has 0 amide bonds. The lowest BCUT2D eigenvalue weighted by molar-refractivity contribution is -0.136. The molecule has 0 saturated carbocycles. The summed E-state index contributed by atoms with van der Waals surface area (Å²) >= 11 is 1.58. The van der Waals surface area contributed by atoms with Crippen LogP contribution in [0, 0.1) is 0 Å². The Balaban J connectivity index is 2.15. The predicted molar refractivity (Wildman–Crippen MR) is 80.0 cm³/mol. The van der Waals surface area contributed by atoms with Gasteiger partial charge in [-0.1, -0.05) is 48.2 Å². The van der Waals surface area contributed by atoms with Crippen LogP contribution in [0.5, 0.6) is 0 Å². The molecule has 0 aliphatic heterocycles. The summed E-state index contributed by atoms with van der Waals surface area (Å²) in [5.41, 5.74) is 0. The number of nitrogens with zero attached hydrogens (tertiary/aromatic N) is 1. The van der Waals surface area contributed by atoms with Gasteiger partial charge in [0.1, 0.15) is 0 Å². The topological polar surface area (TPSA) is 49.7 Å². The fraction of sp³-hybridized carbons (Fsp3) is 0.200. The lowest BCUT2D eigenvalue weighted by Gasteiger charge is -2.05. The lowest BCUT2D eigenvalue weighted by atomic mass is 10.1. The average Bonchev–Trinajstić information content (AvgIpc) is 2.39. The number of thioether (sulfide) groups is 1.